The van der Waals surface area contributed by atoms with Gasteiger partial charge in [-0.2, -0.15) is 0 Å². The minimum atomic E-state index is -0.535. The van der Waals surface area contributed by atoms with Crippen LogP contribution in [-0.2, 0) is 11.3 Å². The molecule has 0 radical (unpaired) electrons. The number of amides is 1. The summed E-state index contributed by atoms with van der Waals surface area (Å²) in [6.07, 6.45) is -0.502. The van der Waals surface area contributed by atoms with E-state index >= 15 is 0 Å². The van der Waals surface area contributed by atoms with E-state index in [0.29, 0.717) is 11.4 Å². The van der Waals surface area contributed by atoms with E-state index in [9.17, 15) is 9.59 Å². The Labute approximate surface area is 126 Å². The zero-order valence-corrected chi connectivity index (χ0v) is 13.6. The minimum absolute atomic E-state index is 0.1000. The summed E-state index contributed by atoms with van der Waals surface area (Å²) < 4.78 is 6.02. The van der Waals surface area contributed by atoms with Crippen molar-refractivity contribution in [2.75, 3.05) is 0 Å². The second kappa shape index (κ2) is 6.31. The third-order valence-corrected chi connectivity index (χ3v) is 2.64. The number of halogens is 1. The van der Waals surface area contributed by atoms with Crippen molar-refractivity contribution in [3.8, 4) is 0 Å². The number of nitrogens with zero attached hydrogens (tertiary/aromatic N) is 1. The largest absolute Gasteiger partial charge is 0.444 e. The smallest absolute Gasteiger partial charge is 0.407 e. The maximum absolute atomic E-state index is 11.5. The normalized spacial score (nSPS) is 11.0. The van der Waals surface area contributed by atoms with Crippen LogP contribution in [0.1, 0.15) is 43.9 Å². The first-order valence-electron chi connectivity index (χ1n) is 5.81. The average molecular weight is 376 g/mol. The van der Waals surface area contributed by atoms with Crippen LogP contribution in [0.3, 0.4) is 0 Å². The predicted octanol–water partition coefficient (Wildman–Crippen LogP) is 2.91. The summed E-state index contributed by atoms with van der Waals surface area (Å²) in [5.41, 5.74) is 0.489. The summed E-state index contributed by atoms with van der Waals surface area (Å²) in [6, 6.07) is 3.52. The quantitative estimate of drug-likeness (QED) is 0.651. The molecule has 5 nitrogen and oxygen atoms in total. The van der Waals surface area contributed by atoms with Gasteiger partial charge in [0.15, 0.2) is 5.78 Å². The number of alkyl carbamates (subject to hydrolysis) is 1. The minimum Gasteiger partial charge on any atom is -0.444 e. The number of hydrogen-bond acceptors (Lipinski definition) is 4. The van der Waals surface area contributed by atoms with E-state index in [-0.39, 0.29) is 12.3 Å². The molecule has 6 heteroatoms. The first kappa shape index (κ1) is 15.9. The van der Waals surface area contributed by atoms with E-state index in [1.54, 1.807) is 26.8 Å². The predicted molar refractivity (Wildman–Crippen MR) is 80.0 cm³/mol. The van der Waals surface area contributed by atoms with Crippen molar-refractivity contribution in [1.82, 2.24) is 10.3 Å². The van der Waals surface area contributed by atoms with Crippen LogP contribution in [0, 0.1) is 3.57 Å². The molecule has 0 fully saturated rings. The molecule has 0 unspecified atom stereocenters. The highest BCUT2D eigenvalue weighted by atomic mass is 127. The molecule has 0 atom stereocenters. The molecule has 104 valence electrons. The van der Waals surface area contributed by atoms with E-state index in [0.717, 1.165) is 3.57 Å². The fourth-order valence-corrected chi connectivity index (χ4v) is 1.95. The maximum atomic E-state index is 11.5. The van der Waals surface area contributed by atoms with Gasteiger partial charge in [0, 0.05) is 10.5 Å². The number of nitrogens with one attached hydrogen (secondary N) is 1. The molecule has 1 rings (SSSR count). The lowest BCUT2D eigenvalue weighted by molar-refractivity contribution is 0.0523. The van der Waals surface area contributed by atoms with Crippen LogP contribution in [0.25, 0.3) is 0 Å². The molecule has 0 bridgehead atoms. The lowest BCUT2D eigenvalue weighted by Gasteiger charge is -2.19. The van der Waals surface area contributed by atoms with Crippen molar-refractivity contribution in [3.63, 3.8) is 0 Å². The standard InChI is InChI=1S/C13H17IN2O3/c1-8(17)11-6-9(14)5-10(16-11)7-15-12(18)19-13(2,3)4/h5-6H,7H2,1-4H3,(H,15,18). The molecule has 0 saturated heterocycles. The van der Waals surface area contributed by atoms with Crippen LogP contribution in [0.5, 0.6) is 0 Å². The van der Waals surface area contributed by atoms with Crippen LogP contribution < -0.4 is 5.32 Å². The van der Waals surface area contributed by atoms with Crippen molar-refractivity contribution in [2.45, 2.75) is 39.8 Å². The molecule has 0 aliphatic carbocycles. The highest BCUT2D eigenvalue weighted by Crippen LogP contribution is 2.10. The van der Waals surface area contributed by atoms with Gasteiger partial charge in [0.25, 0.3) is 0 Å². The molecule has 19 heavy (non-hydrogen) atoms. The number of hydrogen-bond donors (Lipinski definition) is 1. The van der Waals surface area contributed by atoms with Gasteiger partial charge in [0.1, 0.15) is 11.3 Å². The van der Waals surface area contributed by atoms with Crippen molar-refractivity contribution in [1.29, 1.82) is 0 Å². The van der Waals surface area contributed by atoms with Crippen LogP contribution in [0.4, 0.5) is 4.79 Å². The summed E-state index contributed by atoms with van der Waals surface area (Å²) in [5.74, 6) is -0.1000. The van der Waals surface area contributed by atoms with Gasteiger partial charge in [-0.05, 0) is 55.5 Å². The molecule has 1 amide bonds. The summed E-state index contributed by atoms with van der Waals surface area (Å²) in [6.45, 7) is 7.08. The number of carbonyl (C=O) groups is 2. The Bertz CT molecular complexity index is 495. The Morgan fingerprint density at radius 1 is 1.37 bits per heavy atom. The monoisotopic (exact) mass is 376 g/mol. The molecule has 1 N–H and O–H groups in total. The lowest BCUT2D eigenvalue weighted by Crippen LogP contribution is -2.32. The third kappa shape index (κ3) is 6.00. The molecule has 1 aromatic rings. The summed E-state index contributed by atoms with van der Waals surface area (Å²) in [4.78, 5) is 27.0. The Hall–Kier alpha value is -1.18. The second-order valence-electron chi connectivity index (χ2n) is 5.07. The fraction of sp³-hybridized carbons (Fsp3) is 0.462. The molecular weight excluding hydrogens is 359 g/mol. The first-order chi connectivity index (χ1) is 8.67. The Balaban J connectivity index is 2.68. The number of pyridine rings is 1. The third-order valence-electron chi connectivity index (χ3n) is 2.02. The van der Waals surface area contributed by atoms with Gasteiger partial charge in [-0.1, -0.05) is 0 Å². The Morgan fingerprint density at radius 2 is 2.00 bits per heavy atom. The molecular formula is C13H17IN2O3. The van der Waals surface area contributed by atoms with Crippen molar-refractivity contribution < 1.29 is 14.3 Å². The van der Waals surface area contributed by atoms with Gasteiger partial charge >= 0.3 is 6.09 Å². The SMILES string of the molecule is CC(=O)c1cc(I)cc(CNC(=O)OC(C)(C)C)n1. The van der Waals surface area contributed by atoms with Gasteiger partial charge < -0.3 is 10.1 Å². The average Bonchev–Trinajstić information content (AvgIpc) is 2.23. The second-order valence-corrected chi connectivity index (χ2v) is 6.32. The van der Waals surface area contributed by atoms with Gasteiger partial charge in [0.05, 0.1) is 12.2 Å². The number of Topliss-reactive ketones (excluding diaryl/α,β-unsaturated/α-hetero) is 1. The number of rotatable bonds is 3. The van der Waals surface area contributed by atoms with Crippen LogP contribution >= 0.6 is 22.6 Å². The molecule has 0 aliphatic rings. The summed E-state index contributed by atoms with van der Waals surface area (Å²) >= 11 is 2.11. The first-order valence-corrected chi connectivity index (χ1v) is 6.89. The molecule has 1 aromatic heterocycles. The van der Waals surface area contributed by atoms with Crippen LogP contribution in [-0.4, -0.2) is 22.5 Å². The molecule has 0 saturated carbocycles. The highest BCUT2D eigenvalue weighted by molar-refractivity contribution is 14.1. The van der Waals surface area contributed by atoms with E-state index < -0.39 is 11.7 Å². The van der Waals surface area contributed by atoms with E-state index in [1.807, 2.05) is 6.07 Å². The number of ether oxygens (including phenoxy) is 1. The van der Waals surface area contributed by atoms with Crippen molar-refractivity contribution >= 4 is 34.5 Å². The zero-order chi connectivity index (χ0) is 14.6. The summed E-state index contributed by atoms with van der Waals surface area (Å²) in [7, 11) is 0. The van der Waals surface area contributed by atoms with Crippen molar-refractivity contribution in [3.05, 3.63) is 27.1 Å². The number of aromatic nitrogens is 1. The van der Waals surface area contributed by atoms with E-state index in [1.165, 1.54) is 6.92 Å². The number of ketones is 1. The summed E-state index contributed by atoms with van der Waals surface area (Å²) in [5, 5.41) is 2.61. The van der Waals surface area contributed by atoms with Crippen molar-refractivity contribution in [2.24, 2.45) is 0 Å². The lowest BCUT2D eigenvalue weighted by atomic mass is 10.2. The van der Waals surface area contributed by atoms with Gasteiger partial charge in [-0.15, -0.1) is 0 Å². The Kier molecular flexibility index (Phi) is 5.28. The molecule has 0 aromatic carbocycles. The molecule has 0 aliphatic heterocycles. The fourth-order valence-electron chi connectivity index (χ4n) is 1.30. The van der Waals surface area contributed by atoms with Crippen LogP contribution in [0.15, 0.2) is 12.1 Å². The maximum Gasteiger partial charge on any atom is 0.407 e. The van der Waals surface area contributed by atoms with E-state index in [4.69, 9.17) is 4.74 Å². The molecule has 1 heterocycles. The Morgan fingerprint density at radius 3 is 2.53 bits per heavy atom. The van der Waals surface area contributed by atoms with Gasteiger partial charge in [-0.25, -0.2) is 9.78 Å². The van der Waals surface area contributed by atoms with Gasteiger partial charge in [-0.3, -0.25) is 4.79 Å². The van der Waals surface area contributed by atoms with E-state index in [2.05, 4.69) is 32.9 Å². The van der Waals surface area contributed by atoms with Gasteiger partial charge in [0.2, 0.25) is 0 Å². The molecule has 0 spiro atoms. The van der Waals surface area contributed by atoms with Crippen LogP contribution in [0.2, 0.25) is 0 Å². The highest BCUT2D eigenvalue weighted by Gasteiger charge is 2.16. The topological polar surface area (TPSA) is 68.3 Å². The zero-order valence-electron chi connectivity index (χ0n) is 11.4. The number of carbonyl (C=O) groups excluding carboxylic acids is 2.